The van der Waals surface area contributed by atoms with Gasteiger partial charge in [0.25, 0.3) is 11.8 Å². The number of carbonyl (C=O) groups is 2. The van der Waals surface area contributed by atoms with Crippen LogP contribution in [0.2, 0.25) is 0 Å². The van der Waals surface area contributed by atoms with E-state index >= 15 is 0 Å². The molecule has 0 unspecified atom stereocenters. The van der Waals surface area contributed by atoms with E-state index < -0.39 is 31.0 Å². The molecule has 1 N–H and O–H groups in total. The lowest BCUT2D eigenvalue weighted by molar-refractivity contribution is -0.137. The predicted octanol–water partition coefficient (Wildman–Crippen LogP) is 4.32. The van der Waals surface area contributed by atoms with E-state index in [0.29, 0.717) is 31.6 Å². The molecule has 3 rings (SSSR count). The molecule has 2 heterocycles. The Kier molecular flexibility index (Phi) is 5.77. The van der Waals surface area contributed by atoms with Gasteiger partial charge in [-0.2, -0.15) is 13.2 Å². The van der Waals surface area contributed by atoms with Crippen molar-refractivity contribution in [2.24, 2.45) is 5.41 Å². The monoisotopic (exact) mass is 400 g/mol. The normalized spacial score (nSPS) is 20.2. The zero-order chi connectivity index (χ0) is 20.5. The number of hydrogen-bond donors (Lipinski definition) is 1. The summed E-state index contributed by atoms with van der Waals surface area (Å²) in [5.74, 6) is -0.532. The summed E-state index contributed by atoms with van der Waals surface area (Å²) in [7, 11) is 0. The average Bonchev–Trinajstić information content (AvgIpc) is 2.98. The van der Waals surface area contributed by atoms with Gasteiger partial charge in [0, 0.05) is 25.6 Å². The molecule has 0 radical (unpaired) electrons. The summed E-state index contributed by atoms with van der Waals surface area (Å²) in [6.07, 6.45) is 0.466. The molecule has 1 aliphatic heterocycles. The van der Waals surface area contributed by atoms with Crippen LogP contribution < -0.4 is 5.32 Å². The number of fused-ring (bicyclic) bond motifs is 1. The first kappa shape index (κ1) is 20.7. The van der Waals surface area contributed by atoms with Crippen molar-refractivity contribution in [1.29, 1.82) is 0 Å². The van der Waals surface area contributed by atoms with E-state index in [1.54, 1.807) is 0 Å². The maximum Gasteiger partial charge on any atom is 0.390 e. The van der Waals surface area contributed by atoms with E-state index in [0.717, 1.165) is 19.3 Å². The van der Waals surface area contributed by atoms with Gasteiger partial charge >= 0.3 is 6.18 Å². The topological polar surface area (TPSA) is 62.6 Å². The fourth-order valence-corrected chi connectivity index (χ4v) is 4.08. The number of carbonyl (C=O) groups excluding carboxylic acids is 2. The van der Waals surface area contributed by atoms with Crippen molar-refractivity contribution >= 4 is 11.8 Å². The number of rotatable bonds is 4. The van der Waals surface area contributed by atoms with E-state index in [1.807, 2.05) is 13.8 Å². The molecule has 156 valence electrons. The number of hydrogen-bond acceptors (Lipinski definition) is 3. The van der Waals surface area contributed by atoms with Crippen LogP contribution in [0.1, 0.15) is 78.8 Å². The number of halogens is 3. The molecular formula is C20H27F3N2O3. The van der Waals surface area contributed by atoms with Crippen LogP contribution in [0.25, 0.3) is 0 Å². The average molecular weight is 400 g/mol. The molecule has 0 saturated heterocycles. The molecule has 5 nitrogen and oxygen atoms in total. The van der Waals surface area contributed by atoms with Crippen LogP contribution >= 0.6 is 0 Å². The third kappa shape index (κ3) is 4.70. The van der Waals surface area contributed by atoms with Crippen LogP contribution in [0.5, 0.6) is 0 Å². The minimum atomic E-state index is -4.35. The Hall–Kier alpha value is -1.99. The minimum Gasteiger partial charge on any atom is -0.468 e. The highest BCUT2D eigenvalue weighted by molar-refractivity contribution is 6.08. The lowest BCUT2D eigenvalue weighted by Crippen LogP contribution is -2.43. The molecule has 2 aliphatic rings. The van der Waals surface area contributed by atoms with Crippen molar-refractivity contribution in [3.8, 4) is 0 Å². The highest BCUT2D eigenvalue weighted by Gasteiger charge is 2.37. The van der Waals surface area contributed by atoms with E-state index in [-0.39, 0.29) is 22.6 Å². The lowest BCUT2D eigenvalue weighted by atomic mass is 9.88. The first-order valence-corrected chi connectivity index (χ1v) is 9.84. The quantitative estimate of drug-likeness (QED) is 0.819. The largest absolute Gasteiger partial charge is 0.468 e. The van der Waals surface area contributed by atoms with Crippen molar-refractivity contribution in [3.63, 3.8) is 0 Å². The van der Waals surface area contributed by atoms with E-state index in [4.69, 9.17) is 4.42 Å². The van der Waals surface area contributed by atoms with Crippen LogP contribution in [0, 0.1) is 5.41 Å². The van der Waals surface area contributed by atoms with E-state index in [1.165, 1.54) is 11.2 Å². The van der Waals surface area contributed by atoms with Crippen molar-refractivity contribution in [1.82, 2.24) is 10.2 Å². The Morgan fingerprint density at radius 1 is 1.29 bits per heavy atom. The Morgan fingerprint density at radius 3 is 2.61 bits per heavy atom. The maximum atomic E-state index is 13.2. The van der Waals surface area contributed by atoms with Gasteiger partial charge in [-0.1, -0.05) is 33.1 Å². The van der Waals surface area contributed by atoms with Gasteiger partial charge in [0.1, 0.15) is 12.0 Å². The Labute approximate surface area is 162 Å². The van der Waals surface area contributed by atoms with Crippen LogP contribution in [0.3, 0.4) is 0 Å². The standard InChI is InChI=1S/C20H27F3N2O3/c1-19(2)10-15-16(17(26)24-12-19)14(11-28-15)18(27)25(9-8-20(21,22)23)13-6-4-3-5-7-13/h11,13H,3-10,12H2,1-2H3,(H,24,26). The Balaban J connectivity index is 1.90. The van der Waals surface area contributed by atoms with Crippen LogP contribution in [0.4, 0.5) is 13.2 Å². The predicted molar refractivity (Wildman–Crippen MR) is 97.1 cm³/mol. The summed E-state index contributed by atoms with van der Waals surface area (Å²) in [5.41, 5.74) is -0.000324. The fraction of sp³-hybridized carbons (Fsp3) is 0.700. The molecule has 1 aromatic heterocycles. The van der Waals surface area contributed by atoms with Crippen LogP contribution in [-0.2, 0) is 6.42 Å². The first-order chi connectivity index (χ1) is 13.1. The summed E-state index contributed by atoms with van der Waals surface area (Å²) in [6.45, 7) is 3.98. The van der Waals surface area contributed by atoms with Gasteiger partial charge in [-0.25, -0.2) is 0 Å². The molecule has 28 heavy (non-hydrogen) atoms. The molecule has 8 heteroatoms. The zero-order valence-electron chi connectivity index (χ0n) is 16.3. The number of nitrogens with zero attached hydrogens (tertiary/aromatic N) is 1. The van der Waals surface area contributed by atoms with Crippen molar-refractivity contribution < 1.29 is 27.2 Å². The first-order valence-electron chi connectivity index (χ1n) is 9.84. The van der Waals surface area contributed by atoms with Crippen molar-refractivity contribution in [2.45, 2.75) is 71.0 Å². The zero-order valence-corrected chi connectivity index (χ0v) is 16.3. The van der Waals surface area contributed by atoms with Crippen molar-refractivity contribution in [3.05, 3.63) is 23.2 Å². The highest BCUT2D eigenvalue weighted by Crippen LogP contribution is 2.32. The smallest absolute Gasteiger partial charge is 0.390 e. The lowest BCUT2D eigenvalue weighted by Gasteiger charge is -2.34. The van der Waals surface area contributed by atoms with Crippen LogP contribution in [0.15, 0.2) is 10.7 Å². The number of amides is 2. The van der Waals surface area contributed by atoms with E-state index in [9.17, 15) is 22.8 Å². The molecule has 1 aromatic rings. The summed E-state index contributed by atoms with van der Waals surface area (Å²) < 4.78 is 44.1. The number of nitrogens with one attached hydrogen (secondary N) is 1. The second-order valence-electron chi connectivity index (χ2n) is 8.63. The molecule has 0 bridgehead atoms. The number of furan rings is 1. The van der Waals surface area contributed by atoms with Gasteiger partial charge in [-0.3, -0.25) is 9.59 Å². The van der Waals surface area contributed by atoms with Gasteiger partial charge in [0.2, 0.25) is 0 Å². The molecule has 0 aromatic carbocycles. The molecule has 2 amide bonds. The molecule has 1 aliphatic carbocycles. The third-order valence-corrected chi connectivity index (χ3v) is 5.60. The third-order valence-electron chi connectivity index (χ3n) is 5.60. The Morgan fingerprint density at radius 2 is 1.96 bits per heavy atom. The van der Waals surface area contributed by atoms with Gasteiger partial charge in [-0.15, -0.1) is 0 Å². The molecular weight excluding hydrogens is 373 g/mol. The maximum absolute atomic E-state index is 13.2. The molecule has 0 spiro atoms. The van der Waals surface area contributed by atoms with Gasteiger partial charge in [0.05, 0.1) is 17.5 Å². The second-order valence-corrected chi connectivity index (χ2v) is 8.63. The van der Waals surface area contributed by atoms with Crippen LogP contribution in [-0.4, -0.2) is 42.0 Å². The summed E-state index contributed by atoms with van der Waals surface area (Å²) in [6, 6.07) is -0.237. The molecule has 1 saturated carbocycles. The minimum absolute atomic E-state index is 0.0675. The van der Waals surface area contributed by atoms with E-state index in [2.05, 4.69) is 5.32 Å². The molecule has 0 atom stereocenters. The summed E-state index contributed by atoms with van der Waals surface area (Å²) in [5, 5.41) is 2.80. The van der Waals surface area contributed by atoms with Gasteiger partial charge in [0.15, 0.2) is 0 Å². The number of alkyl halides is 3. The van der Waals surface area contributed by atoms with Crippen molar-refractivity contribution in [2.75, 3.05) is 13.1 Å². The van der Waals surface area contributed by atoms with Gasteiger partial charge in [-0.05, 0) is 18.3 Å². The fourth-order valence-electron chi connectivity index (χ4n) is 4.08. The SMILES string of the molecule is CC1(C)CNC(=O)c2c(C(=O)N(CCC(F)(F)F)C3CCCCC3)coc2C1. The highest BCUT2D eigenvalue weighted by atomic mass is 19.4. The summed E-state index contributed by atoms with van der Waals surface area (Å²) >= 11 is 0. The summed E-state index contributed by atoms with van der Waals surface area (Å²) in [4.78, 5) is 27.1. The Bertz CT molecular complexity index is 734. The molecule has 1 fully saturated rings. The van der Waals surface area contributed by atoms with Gasteiger partial charge < -0.3 is 14.6 Å². The second kappa shape index (κ2) is 7.79.